The Morgan fingerprint density at radius 3 is 2.62 bits per heavy atom. The van der Waals surface area contributed by atoms with Crippen LogP contribution < -0.4 is 0 Å². The highest BCUT2D eigenvalue weighted by molar-refractivity contribution is 6.74. The normalized spacial score (nSPS) is 21.1. The number of hydrogen-bond donors (Lipinski definition) is 1. The van der Waals surface area contributed by atoms with Gasteiger partial charge in [-0.05, 0) is 29.3 Å². The van der Waals surface area contributed by atoms with Crippen LogP contribution in [0.4, 0.5) is 0 Å². The predicted octanol–water partition coefficient (Wildman–Crippen LogP) is 3.91. The lowest BCUT2D eigenvalue weighted by Gasteiger charge is -2.40. The van der Waals surface area contributed by atoms with Crippen LogP contribution in [-0.2, 0) is 17.5 Å². The van der Waals surface area contributed by atoms with Gasteiger partial charge in [-0.15, -0.1) is 0 Å². The van der Waals surface area contributed by atoms with Crippen molar-refractivity contribution in [2.45, 2.75) is 64.1 Å². The minimum atomic E-state index is -1.88. The van der Waals surface area contributed by atoms with E-state index in [1.807, 2.05) is 10.9 Å². The second-order valence-corrected chi connectivity index (χ2v) is 13.0. The van der Waals surface area contributed by atoms with Gasteiger partial charge in [0.2, 0.25) is 0 Å². The van der Waals surface area contributed by atoms with E-state index in [9.17, 15) is 5.11 Å². The Labute approximate surface area is 145 Å². The molecule has 0 amide bonds. The number of aliphatic hydroxyl groups is 1. The van der Waals surface area contributed by atoms with E-state index in [0.29, 0.717) is 0 Å². The Hall–Kier alpha value is -1.43. The predicted molar refractivity (Wildman–Crippen MR) is 98.5 cm³/mol. The van der Waals surface area contributed by atoms with Gasteiger partial charge in [-0.2, -0.15) is 5.10 Å². The van der Waals surface area contributed by atoms with E-state index in [-0.39, 0.29) is 23.8 Å². The second kappa shape index (κ2) is 6.13. The van der Waals surface area contributed by atoms with Crippen LogP contribution in [0.25, 0.3) is 0 Å². The minimum Gasteiger partial charge on any atom is -0.411 e. The molecule has 1 N–H and O–H groups in total. The first-order valence-corrected chi connectivity index (χ1v) is 11.5. The molecule has 0 bridgehead atoms. The highest BCUT2D eigenvalue weighted by Gasteiger charge is 2.44. The Bertz CT molecular complexity index is 718. The molecule has 0 saturated carbocycles. The van der Waals surface area contributed by atoms with Crippen molar-refractivity contribution in [1.29, 1.82) is 0 Å². The van der Waals surface area contributed by atoms with E-state index in [1.165, 1.54) is 11.1 Å². The van der Waals surface area contributed by atoms with Crippen molar-refractivity contribution in [3.63, 3.8) is 0 Å². The van der Waals surface area contributed by atoms with Crippen molar-refractivity contribution < 1.29 is 9.53 Å². The molecule has 5 heteroatoms. The maximum Gasteiger partial charge on any atom is 0.192 e. The van der Waals surface area contributed by atoms with E-state index in [1.54, 1.807) is 6.20 Å². The molecular formula is C19H28N2O2Si. The van der Waals surface area contributed by atoms with Crippen LogP contribution in [0.15, 0.2) is 36.7 Å². The smallest absolute Gasteiger partial charge is 0.192 e. The zero-order valence-electron chi connectivity index (χ0n) is 15.3. The molecule has 0 aliphatic heterocycles. The Balaban J connectivity index is 1.97. The van der Waals surface area contributed by atoms with Gasteiger partial charge in [-0.25, -0.2) is 0 Å². The highest BCUT2D eigenvalue weighted by atomic mass is 28.4. The van der Waals surface area contributed by atoms with Crippen LogP contribution in [-0.4, -0.2) is 29.3 Å². The molecule has 0 unspecified atom stereocenters. The minimum absolute atomic E-state index is 0.0160. The molecule has 2 atom stereocenters. The van der Waals surface area contributed by atoms with E-state index in [0.717, 1.165) is 12.0 Å². The number of aromatic nitrogens is 2. The van der Waals surface area contributed by atoms with Crippen molar-refractivity contribution in [2.75, 3.05) is 0 Å². The summed E-state index contributed by atoms with van der Waals surface area (Å²) in [4.78, 5) is 0. The third kappa shape index (κ3) is 3.08. The van der Waals surface area contributed by atoms with Crippen molar-refractivity contribution in [2.24, 2.45) is 0 Å². The molecule has 130 valence electrons. The van der Waals surface area contributed by atoms with Crippen LogP contribution in [0.3, 0.4) is 0 Å². The van der Waals surface area contributed by atoms with Crippen molar-refractivity contribution in [3.8, 4) is 0 Å². The molecule has 2 aromatic rings. The van der Waals surface area contributed by atoms with Gasteiger partial charge < -0.3 is 9.53 Å². The summed E-state index contributed by atoms with van der Waals surface area (Å²) in [5.41, 5.74) is 3.46. The van der Waals surface area contributed by atoms with Crippen molar-refractivity contribution in [3.05, 3.63) is 53.3 Å². The number of benzene rings is 1. The van der Waals surface area contributed by atoms with E-state index < -0.39 is 8.32 Å². The van der Waals surface area contributed by atoms with Crippen LogP contribution in [0.2, 0.25) is 18.1 Å². The van der Waals surface area contributed by atoms with E-state index in [2.05, 4.69) is 63.2 Å². The number of aliphatic hydroxyl groups excluding tert-OH is 1. The average molecular weight is 345 g/mol. The quantitative estimate of drug-likeness (QED) is 0.856. The molecule has 4 nitrogen and oxygen atoms in total. The lowest BCUT2D eigenvalue weighted by molar-refractivity contribution is 0.146. The van der Waals surface area contributed by atoms with Gasteiger partial charge in [0.1, 0.15) is 6.04 Å². The third-order valence-corrected chi connectivity index (χ3v) is 10.0. The lowest BCUT2D eigenvalue weighted by atomic mass is 10.1. The van der Waals surface area contributed by atoms with Gasteiger partial charge in [0.25, 0.3) is 0 Å². The van der Waals surface area contributed by atoms with Gasteiger partial charge in [0.05, 0.1) is 18.9 Å². The van der Waals surface area contributed by atoms with Gasteiger partial charge >= 0.3 is 0 Å². The first kappa shape index (κ1) is 17.4. The maximum absolute atomic E-state index is 9.37. The molecule has 0 spiro atoms. The fourth-order valence-corrected chi connectivity index (χ4v) is 4.45. The summed E-state index contributed by atoms with van der Waals surface area (Å²) >= 11 is 0. The standard InChI is InChI=1S/C19H28N2O2Si/c1-19(2,3)24(4,5)23-17-10-15-8-6-7-9-16(15)18(17)21-12-14(13-22)11-20-21/h6-9,11-12,17-18,22H,10,13H2,1-5H3/t17-,18-/m0/s1. The number of fused-ring (bicyclic) bond motifs is 1. The average Bonchev–Trinajstić information content (AvgIpc) is 3.08. The van der Waals surface area contributed by atoms with Crippen molar-refractivity contribution >= 4 is 8.32 Å². The molecule has 0 saturated heterocycles. The van der Waals surface area contributed by atoms with Crippen molar-refractivity contribution in [1.82, 2.24) is 9.78 Å². The summed E-state index contributed by atoms with van der Waals surface area (Å²) in [6.07, 6.45) is 4.69. The Morgan fingerprint density at radius 1 is 1.29 bits per heavy atom. The van der Waals surface area contributed by atoms with E-state index >= 15 is 0 Å². The number of rotatable bonds is 4. The monoisotopic (exact) mass is 344 g/mol. The van der Waals surface area contributed by atoms with Gasteiger partial charge in [0.15, 0.2) is 8.32 Å². The second-order valence-electron chi connectivity index (χ2n) is 8.25. The zero-order valence-corrected chi connectivity index (χ0v) is 16.3. The van der Waals surface area contributed by atoms with Crippen LogP contribution in [0.1, 0.15) is 43.5 Å². The molecular weight excluding hydrogens is 316 g/mol. The maximum atomic E-state index is 9.37. The summed E-state index contributed by atoms with van der Waals surface area (Å²) in [5.74, 6) is 0. The number of nitrogens with zero attached hydrogens (tertiary/aromatic N) is 2. The largest absolute Gasteiger partial charge is 0.411 e. The fraction of sp³-hybridized carbons (Fsp3) is 0.526. The summed E-state index contributed by atoms with van der Waals surface area (Å²) in [6, 6.07) is 8.61. The first-order chi connectivity index (χ1) is 11.2. The zero-order chi connectivity index (χ0) is 17.5. The molecule has 1 aromatic heterocycles. The summed E-state index contributed by atoms with van der Waals surface area (Å²) in [5, 5.41) is 14.0. The lowest BCUT2D eigenvalue weighted by Crippen LogP contribution is -2.45. The molecule has 1 aliphatic rings. The Kier molecular flexibility index (Phi) is 4.44. The molecule has 1 aromatic carbocycles. The summed E-state index contributed by atoms with van der Waals surface area (Å²) in [6.45, 7) is 11.4. The molecule has 24 heavy (non-hydrogen) atoms. The van der Waals surface area contributed by atoms with Crippen LogP contribution >= 0.6 is 0 Å². The molecule has 1 aliphatic carbocycles. The molecule has 0 fully saturated rings. The fourth-order valence-electron chi connectivity index (χ4n) is 3.12. The van der Waals surface area contributed by atoms with Gasteiger partial charge in [0, 0.05) is 18.2 Å². The van der Waals surface area contributed by atoms with Gasteiger partial charge in [-0.1, -0.05) is 45.0 Å². The SMILES string of the molecule is CC(C)(C)[Si](C)(C)O[C@H]1Cc2ccccc2[C@@H]1n1cc(CO)cn1. The summed E-state index contributed by atoms with van der Waals surface area (Å²) < 4.78 is 8.74. The summed E-state index contributed by atoms with van der Waals surface area (Å²) in [7, 11) is -1.88. The Morgan fingerprint density at radius 2 is 2.00 bits per heavy atom. The van der Waals surface area contributed by atoms with Crippen LogP contribution in [0.5, 0.6) is 0 Å². The number of hydrogen-bond acceptors (Lipinski definition) is 3. The first-order valence-electron chi connectivity index (χ1n) is 8.62. The molecule has 0 radical (unpaired) electrons. The highest BCUT2D eigenvalue weighted by Crippen LogP contribution is 2.43. The van der Waals surface area contributed by atoms with Gasteiger partial charge in [-0.3, -0.25) is 4.68 Å². The van der Waals surface area contributed by atoms with Crippen LogP contribution in [0, 0.1) is 0 Å². The topological polar surface area (TPSA) is 47.3 Å². The molecule has 3 rings (SSSR count). The molecule has 1 heterocycles. The van der Waals surface area contributed by atoms with E-state index in [4.69, 9.17) is 4.43 Å². The third-order valence-electron chi connectivity index (χ3n) is 5.52.